The summed E-state index contributed by atoms with van der Waals surface area (Å²) in [5.74, 6) is 11.9. The third kappa shape index (κ3) is 21.2. The number of hydrogen-bond donors (Lipinski definition) is 1. The molecule has 4 aliphatic rings. The number of ether oxygens (including phenoxy) is 8. The van der Waals surface area contributed by atoms with Crippen molar-refractivity contribution in [3.63, 3.8) is 0 Å². The summed E-state index contributed by atoms with van der Waals surface area (Å²) in [4.78, 5) is 56.2. The molecule has 27 heteroatoms. The van der Waals surface area contributed by atoms with Gasteiger partial charge < -0.3 is 85.7 Å². The number of benzene rings is 8. The lowest BCUT2D eigenvalue weighted by Gasteiger charge is -2.29. The zero-order chi connectivity index (χ0) is 93.4. The summed E-state index contributed by atoms with van der Waals surface area (Å²) in [6, 6.07) is 61.4. The average molecular weight is 1810 g/mol. The molecule has 21 rings (SSSR count). The minimum absolute atomic E-state index is 0.113. The van der Waals surface area contributed by atoms with Crippen molar-refractivity contribution in [2.75, 3.05) is 34.2 Å². The van der Waals surface area contributed by atoms with E-state index >= 15 is 0 Å². The van der Waals surface area contributed by atoms with Crippen LogP contribution in [0.25, 0.3) is 138 Å². The van der Waals surface area contributed by atoms with Crippen LogP contribution >= 0.6 is 0 Å². The molecule has 0 unspecified atom stereocenters. The molecule has 0 bridgehead atoms. The summed E-state index contributed by atoms with van der Waals surface area (Å²) in [6.45, 7) is 0. The molecule has 4 saturated carbocycles. The Hall–Kier alpha value is -14.4. The fraction of sp³-hybridized carbons (Fsp3) is 0.294. The standard InChI is InChI=1S/C31H29BN2O4.C26H26BN2O4.C26H25BNO5.C26H25BNO4/c1-36-29-17-24(37-23-11-9-21(10-12-23)18-32-20-35)16-25-26(28-15-22-7-3-4-8-27(22)38-28)19-33-31(30(25)29)34-13-5-2-6-14-34;1-31-24-12-19(32-18-8-6-16(7-9-18)13-27-15-30)11-20-21(14-29-26(28)25(20)24)23-10-17-4-2-3-5-22(17)33-23;1-31-25-12-20(32-19-8-6-17(7-9-19)13-27-16-29)11-21-22(25)14-28(30)15-23(21)26-10-18-4-2-3-5-24(18)33-26;1-30-25-12-20(31-19-8-6-17(7-9-19)13-27-16-29)11-21-22(25)14-28-15-23(21)26-10-18-4-2-3-5-24(18)32-26/h2-8,13-17,19-21,23H,9-12,18H2,1H3;2-5,10-12,14-16,18H,6-9,13H2,1H3,(H2,28,29);2-5,10-12,14-17,19H,6-9,13H2,1H3;2-5,10-12,14-17,19H,6-9,13H2,1H3/q+1;;;. The van der Waals surface area contributed by atoms with Crippen LogP contribution in [0, 0.1) is 28.9 Å². The summed E-state index contributed by atoms with van der Waals surface area (Å²) in [5, 5.41) is 23.5. The first-order valence-electron chi connectivity index (χ1n) is 46.9. The van der Waals surface area contributed by atoms with Gasteiger partial charge in [-0.25, -0.2) is 9.55 Å². The van der Waals surface area contributed by atoms with Crippen LogP contribution in [0.5, 0.6) is 46.0 Å². The highest BCUT2D eigenvalue weighted by Gasteiger charge is 2.32. The lowest BCUT2D eigenvalue weighted by molar-refractivity contribution is -0.603. The predicted octanol–water partition coefficient (Wildman–Crippen LogP) is 22.7. The van der Waals surface area contributed by atoms with Crippen LogP contribution in [-0.2, 0) is 19.2 Å². The summed E-state index contributed by atoms with van der Waals surface area (Å²) < 4.78 is 75.9. The molecule has 4 fully saturated rings. The number of nitrogens with two attached hydrogens (primary N) is 1. The molecule has 9 aromatic heterocycles. The maximum absolute atomic E-state index is 12.4. The first-order valence-corrected chi connectivity index (χ1v) is 46.9. The van der Waals surface area contributed by atoms with Crippen LogP contribution in [0.1, 0.15) is 103 Å². The molecule has 0 atom stereocenters. The van der Waals surface area contributed by atoms with E-state index in [0.29, 0.717) is 69.2 Å². The largest absolute Gasteiger partial charge is 0.619 e. The zero-order valence-electron chi connectivity index (χ0n) is 76.7. The number of anilines is 1. The zero-order valence-corrected chi connectivity index (χ0v) is 76.7. The predicted molar refractivity (Wildman–Crippen MR) is 536 cm³/mol. The SMILES string of the molecule is COc1cc(OC2CCC(C[B]C=O)CC2)cc2c(-c3cc4ccccc4o3)c[n+]([O-])cc12.COc1cc(OC2CCC(C[B]C=O)CC2)cc2c(-c3cc4ccccc4o3)cnc(-[n+]3ccccc3)c12.COc1cc(OC2CCC(C[B]C=O)CC2)cc2c(-c3cc4ccccc4o3)cnc(N)c12.COc1cc(OC2CCC(C[B]C=O)CC2)cc2c(-c3cc4ccccc4o3)cncc12. The van der Waals surface area contributed by atoms with Gasteiger partial charge in [0.05, 0.1) is 112 Å². The second-order valence-corrected chi connectivity index (χ2v) is 35.5. The number of carbonyl (C=O) groups excluding carboxylic acids is 4. The fourth-order valence-electron chi connectivity index (χ4n) is 19.8. The lowest BCUT2D eigenvalue weighted by Crippen LogP contribution is -2.31. The third-order valence-corrected chi connectivity index (χ3v) is 26.8. The highest BCUT2D eigenvalue weighted by atomic mass is 16.5. The van der Waals surface area contributed by atoms with E-state index < -0.39 is 0 Å². The first kappa shape index (κ1) is 92.1. The maximum atomic E-state index is 12.4. The van der Waals surface area contributed by atoms with E-state index in [4.69, 9.17) is 66.3 Å². The van der Waals surface area contributed by atoms with Crippen LogP contribution in [0.4, 0.5) is 5.82 Å². The molecule has 684 valence electrons. The van der Waals surface area contributed by atoms with Gasteiger partial charge >= 0.3 is 5.82 Å². The van der Waals surface area contributed by atoms with E-state index in [2.05, 4.69) is 28.2 Å². The molecule has 0 spiro atoms. The number of nitrogens with zero attached hydrogens (tertiary/aromatic N) is 5. The van der Waals surface area contributed by atoms with Gasteiger partial charge in [-0.3, -0.25) is 4.98 Å². The summed E-state index contributed by atoms with van der Waals surface area (Å²) >= 11 is 0. The first-order chi connectivity index (χ1) is 66.8. The number of para-hydroxylation sites is 4. The van der Waals surface area contributed by atoms with Crippen LogP contribution in [0.3, 0.4) is 0 Å². The van der Waals surface area contributed by atoms with E-state index in [-0.39, 0.29) is 24.4 Å². The van der Waals surface area contributed by atoms with Crippen molar-refractivity contribution in [2.45, 2.75) is 152 Å². The summed E-state index contributed by atoms with van der Waals surface area (Å²) in [7, 11) is 13.5. The Bertz CT molecular complexity index is 6940. The topological polar surface area (TPSA) is 290 Å². The normalized spacial score (nSPS) is 18.1. The molecule has 0 amide bonds. The summed E-state index contributed by atoms with van der Waals surface area (Å²) in [5.41, 5.74) is 12.9. The highest BCUT2D eigenvalue weighted by Crippen LogP contribution is 2.48. The molecule has 4 radical (unpaired) electrons. The minimum Gasteiger partial charge on any atom is -0.619 e. The van der Waals surface area contributed by atoms with Crippen molar-refractivity contribution in [1.82, 2.24) is 15.0 Å². The average Bonchev–Trinajstić information content (AvgIpc) is 1.27. The van der Waals surface area contributed by atoms with Gasteiger partial charge in [0.25, 0.3) is 0 Å². The van der Waals surface area contributed by atoms with E-state index in [1.807, 2.05) is 205 Å². The van der Waals surface area contributed by atoms with Gasteiger partial charge in [-0.2, -0.15) is 4.73 Å². The number of pyridine rings is 5. The van der Waals surface area contributed by atoms with Gasteiger partial charge in [0.1, 0.15) is 103 Å². The number of rotatable bonds is 29. The Balaban J connectivity index is 0.000000121. The quantitative estimate of drug-likeness (QED) is 0.0197. The number of nitrogen functional groups attached to an aromatic ring is 1. The van der Waals surface area contributed by atoms with E-state index in [1.54, 1.807) is 63.8 Å². The number of methoxy groups -OCH3 is 4. The Labute approximate surface area is 791 Å². The van der Waals surface area contributed by atoms with Crippen molar-refractivity contribution in [2.24, 2.45) is 23.7 Å². The third-order valence-electron chi connectivity index (χ3n) is 26.8. The number of furan rings is 4. The molecular formula is C109H105B4N6O17+. The molecule has 9 heterocycles. The molecule has 17 aromatic rings. The maximum Gasteiger partial charge on any atom is 0.339 e. The molecule has 136 heavy (non-hydrogen) atoms. The second-order valence-electron chi connectivity index (χ2n) is 35.5. The number of aromatic nitrogens is 5. The van der Waals surface area contributed by atoms with E-state index in [9.17, 15) is 24.4 Å². The van der Waals surface area contributed by atoms with Gasteiger partial charge in [0.15, 0.2) is 47.7 Å². The lowest BCUT2D eigenvalue weighted by atomic mass is 9.67. The molecule has 4 aliphatic carbocycles. The van der Waals surface area contributed by atoms with Gasteiger partial charge in [-0.05, 0) is 216 Å². The van der Waals surface area contributed by atoms with Crippen LogP contribution in [0.2, 0.25) is 25.3 Å². The monoisotopic (exact) mass is 1810 g/mol. The number of fused-ring (bicyclic) bond motifs is 8. The molecule has 8 aromatic carbocycles. The fourth-order valence-corrected chi connectivity index (χ4v) is 19.8. The van der Waals surface area contributed by atoms with Crippen LogP contribution < -0.4 is 52.9 Å². The second kappa shape index (κ2) is 43.3. The van der Waals surface area contributed by atoms with Crippen LogP contribution in [-0.4, -0.2) is 122 Å². The molecule has 2 N–H and O–H groups in total. The molecule has 0 saturated heterocycles. The van der Waals surface area contributed by atoms with Gasteiger partial charge in [0.2, 0.25) is 0 Å². The smallest absolute Gasteiger partial charge is 0.339 e. The number of hydrogen-bond acceptors (Lipinski definition) is 21. The van der Waals surface area contributed by atoms with Gasteiger partial charge in [-0.15, -0.1) is 0 Å². The number of carbonyl (C=O) groups is 4. The van der Waals surface area contributed by atoms with Crippen molar-refractivity contribution < 1.29 is 84.0 Å². The van der Waals surface area contributed by atoms with Crippen molar-refractivity contribution in [3.8, 4) is 97.1 Å². The van der Waals surface area contributed by atoms with Gasteiger partial charge in [-0.1, -0.05) is 104 Å². The molecular weight excluding hydrogens is 1710 g/mol. The summed E-state index contributed by atoms with van der Waals surface area (Å²) in [6.07, 6.45) is 38.0. The minimum atomic E-state index is 0.113. The molecule has 23 nitrogen and oxygen atoms in total. The van der Waals surface area contributed by atoms with E-state index in [1.165, 1.54) is 12.4 Å². The Morgan fingerprint density at radius 3 is 1.07 bits per heavy atom. The highest BCUT2D eigenvalue weighted by molar-refractivity contribution is 6.67. The van der Waals surface area contributed by atoms with E-state index in [0.717, 1.165) is 302 Å². The Kier molecular flexibility index (Phi) is 29.3. The van der Waals surface area contributed by atoms with Crippen molar-refractivity contribution in [3.05, 3.63) is 243 Å². The van der Waals surface area contributed by atoms with Crippen LogP contribution in [0.15, 0.2) is 255 Å². The van der Waals surface area contributed by atoms with Crippen molar-refractivity contribution in [1.29, 1.82) is 0 Å². The Morgan fingerprint density at radius 2 is 0.684 bits per heavy atom. The van der Waals surface area contributed by atoms with Crippen molar-refractivity contribution >= 4 is 147 Å². The molecule has 0 aliphatic heterocycles. The van der Waals surface area contributed by atoms with Gasteiger partial charge in [0, 0.05) is 102 Å². The Morgan fingerprint density at radius 1 is 0.353 bits per heavy atom.